The number of nitrogens with one attached hydrogen (secondary N) is 1. The number of urea groups is 1. The van der Waals surface area contributed by atoms with Gasteiger partial charge in [0.25, 0.3) is 0 Å². The first-order chi connectivity index (χ1) is 10.0. The standard InChI is InChI=1S/C16H20N2O3/c1-10-7-12(8-10)17-16(21)18-6-5-13-11(9-18)3-2-4-14(13)15(19)20/h2-4,10,12H,5-9H2,1H3,(H,17,21)(H,19,20). The van der Waals surface area contributed by atoms with Crippen molar-refractivity contribution in [2.75, 3.05) is 6.54 Å². The summed E-state index contributed by atoms with van der Waals surface area (Å²) in [6.07, 6.45) is 2.71. The lowest BCUT2D eigenvalue weighted by Crippen LogP contribution is -2.50. The molecule has 2 N–H and O–H groups in total. The molecule has 0 saturated heterocycles. The van der Waals surface area contributed by atoms with E-state index in [1.807, 2.05) is 6.07 Å². The number of nitrogens with zero attached hydrogens (tertiary/aromatic N) is 1. The predicted molar refractivity (Wildman–Crippen MR) is 78.2 cm³/mol. The Morgan fingerprint density at radius 3 is 2.76 bits per heavy atom. The number of hydrogen-bond donors (Lipinski definition) is 2. The fourth-order valence-electron chi connectivity index (χ4n) is 3.27. The van der Waals surface area contributed by atoms with E-state index in [1.54, 1.807) is 17.0 Å². The van der Waals surface area contributed by atoms with Crippen LogP contribution in [0.4, 0.5) is 4.79 Å². The molecule has 0 aromatic heterocycles. The Labute approximate surface area is 123 Å². The van der Waals surface area contributed by atoms with E-state index in [-0.39, 0.29) is 6.03 Å². The normalized spacial score (nSPS) is 24.0. The third kappa shape index (κ3) is 2.73. The van der Waals surface area contributed by atoms with Gasteiger partial charge in [0.05, 0.1) is 5.56 Å². The molecule has 1 aliphatic carbocycles. The Balaban J connectivity index is 1.68. The maximum atomic E-state index is 12.2. The number of carbonyl (C=O) groups is 2. The smallest absolute Gasteiger partial charge is 0.335 e. The van der Waals surface area contributed by atoms with Crippen molar-refractivity contribution in [3.05, 3.63) is 34.9 Å². The quantitative estimate of drug-likeness (QED) is 0.877. The number of aromatic carboxylic acids is 1. The highest BCUT2D eigenvalue weighted by Crippen LogP contribution is 2.27. The number of carboxylic acids is 1. The van der Waals surface area contributed by atoms with Crippen LogP contribution in [0.2, 0.25) is 0 Å². The van der Waals surface area contributed by atoms with E-state index in [0.29, 0.717) is 37.0 Å². The second-order valence-corrected chi connectivity index (χ2v) is 6.14. The summed E-state index contributed by atoms with van der Waals surface area (Å²) >= 11 is 0. The largest absolute Gasteiger partial charge is 0.478 e. The SMILES string of the molecule is CC1CC(NC(=O)N2CCc3c(cccc3C(=O)O)C2)C1. The molecule has 1 heterocycles. The van der Waals surface area contributed by atoms with Gasteiger partial charge >= 0.3 is 12.0 Å². The van der Waals surface area contributed by atoms with Crippen molar-refractivity contribution in [2.45, 2.75) is 38.8 Å². The summed E-state index contributed by atoms with van der Waals surface area (Å²) in [6, 6.07) is 5.56. The summed E-state index contributed by atoms with van der Waals surface area (Å²) in [5, 5.41) is 12.3. The fourth-order valence-corrected chi connectivity index (χ4v) is 3.27. The van der Waals surface area contributed by atoms with Gasteiger partial charge in [-0.2, -0.15) is 0 Å². The van der Waals surface area contributed by atoms with Crippen LogP contribution in [-0.4, -0.2) is 34.6 Å². The van der Waals surface area contributed by atoms with Crippen molar-refractivity contribution >= 4 is 12.0 Å². The lowest BCUT2D eigenvalue weighted by molar-refractivity contribution is 0.0695. The zero-order chi connectivity index (χ0) is 15.0. The Morgan fingerprint density at radius 2 is 2.10 bits per heavy atom. The van der Waals surface area contributed by atoms with Crippen molar-refractivity contribution in [1.29, 1.82) is 0 Å². The Bertz CT molecular complexity index is 579. The van der Waals surface area contributed by atoms with Crippen molar-refractivity contribution in [2.24, 2.45) is 5.92 Å². The van der Waals surface area contributed by atoms with E-state index >= 15 is 0 Å². The third-order valence-electron chi connectivity index (χ3n) is 4.48. The van der Waals surface area contributed by atoms with Crippen molar-refractivity contribution < 1.29 is 14.7 Å². The van der Waals surface area contributed by atoms with E-state index in [1.165, 1.54) is 0 Å². The molecule has 1 aromatic carbocycles. The predicted octanol–water partition coefficient (Wildman–Crippen LogP) is 2.25. The molecule has 0 bridgehead atoms. The molecule has 2 amide bonds. The molecular formula is C16H20N2O3. The molecule has 0 unspecified atom stereocenters. The second kappa shape index (κ2) is 5.39. The molecular weight excluding hydrogens is 268 g/mol. The Kier molecular flexibility index (Phi) is 3.57. The summed E-state index contributed by atoms with van der Waals surface area (Å²) in [5.41, 5.74) is 2.17. The van der Waals surface area contributed by atoms with Gasteiger partial charge in [-0.15, -0.1) is 0 Å². The molecule has 1 aromatic rings. The highest BCUT2D eigenvalue weighted by Gasteiger charge is 2.30. The molecule has 5 nitrogen and oxygen atoms in total. The van der Waals surface area contributed by atoms with Crippen LogP contribution in [0.3, 0.4) is 0 Å². The van der Waals surface area contributed by atoms with E-state index < -0.39 is 5.97 Å². The van der Waals surface area contributed by atoms with Crippen LogP contribution in [0.15, 0.2) is 18.2 Å². The van der Waals surface area contributed by atoms with Gasteiger partial charge in [0, 0.05) is 19.1 Å². The average molecular weight is 288 g/mol. The number of amides is 2. The molecule has 2 aliphatic rings. The van der Waals surface area contributed by atoms with E-state index in [2.05, 4.69) is 12.2 Å². The van der Waals surface area contributed by atoms with Gasteiger partial charge < -0.3 is 15.3 Å². The van der Waals surface area contributed by atoms with Crippen LogP contribution < -0.4 is 5.32 Å². The lowest BCUT2D eigenvalue weighted by atomic mass is 9.82. The molecule has 1 aliphatic heterocycles. The van der Waals surface area contributed by atoms with Crippen LogP contribution in [0.25, 0.3) is 0 Å². The van der Waals surface area contributed by atoms with Crippen molar-refractivity contribution in [1.82, 2.24) is 10.2 Å². The summed E-state index contributed by atoms with van der Waals surface area (Å²) in [5.74, 6) is -0.191. The van der Waals surface area contributed by atoms with Crippen LogP contribution >= 0.6 is 0 Å². The van der Waals surface area contributed by atoms with Gasteiger partial charge in [-0.1, -0.05) is 19.1 Å². The van der Waals surface area contributed by atoms with E-state index in [9.17, 15) is 14.7 Å². The first-order valence-corrected chi connectivity index (χ1v) is 7.44. The number of hydrogen-bond acceptors (Lipinski definition) is 2. The average Bonchev–Trinajstić information content (AvgIpc) is 2.44. The molecule has 0 spiro atoms. The summed E-state index contributed by atoms with van der Waals surface area (Å²) < 4.78 is 0. The van der Waals surface area contributed by atoms with E-state index in [0.717, 1.165) is 24.0 Å². The van der Waals surface area contributed by atoms with Crippen LogP contribution in [-0.2, 0) is 13.0 Å². The number of benzene rings is 1. The van der Waals surface area contributed by atoms with Gasteiger partial charge in [-0.3, -0.25) is 0 Å². The van der Waals surface area contributed by atoms with Crippen LogP contribution in [0, 0.1) is 5.92 Å². The van der Waals surface area contributed by atoms with Gasteiger partial charge in [-0.25, -0.2) is 9.59 Å². The molecule has 5 heteroatoms. The minimum Gasteiger partial charge on any atom is -0.478 e. The maximum absolute atomic E-state index is 12.2. The van der Waals surface area contributed by atoms with Gasteiger partial charge in [0.15, 0.2) is 0 Å². The third-order valence-corrected chi connectivity index (χ3v) is 4.48. The molecule has 21 heavy (non-hydrogen) atoms. The van der Waals surface area contributed by atoms with Gasteiger partial charge in [0.1, 0.15) is 0 Å². The number of carbonyl (C=O) groups excluding carboxylic acids is 1. The minimum atomic E-state index is -0.895. The fraction of sp³-hybridized carbons (Fsp3) is 0.500. The zero-order valence-electron chi connectivity index (χ0n) is 12.1. The maximum Gasteiger partial charge on any atom is 0.335 e. The highest BCUT2D eigenvalue weighted by molar-refractivity contribution is 5.90. The topological polar surface area (TPSA) is 69.6 Å². The van der Waals surface area contributed by atoms with Crippen LogP contribution in [0.5, 0.6) is 0 Å². The van der Waals surface area contributed by atoms with Crippen molar-refractivity contribution in [3.8, 4) is 0 Å². The number of rotatable bonds is 2. The molecule has 1 saturated carbocycles. The van der Waals surface area contributed by atoms with Gasteiger partial charge in [-0.05, 0) is 42.4 Å². The molecule has 0 atom stereocenters. The summed E-state index contributed by atoms with van der Waals surface area (Å²) in [6.45, 7) is 3.25. The number of fused-ring (bicyclic) bond motifs is 1. The molecule has 1 fully saturated rings. The van der Waals surface area contributed by atoms with Crippen LogP contribution in [0.1, 0.15) is 41.3 Å². The summed E-state index contributed by atoms with van der Waals surface area (Å²) in [4.78, 5) is 25.2. The lowest BCUT2D eigenvalue weighted by Gasteiger charge is -2.36. The summed E-state index contributed by atoms with van der Waals surface area (Å²) in [7, 11) is 0. The first kappa shape index (κ1) is 13.9. The van der Waals surface area contributed by atoms with Gasteiger partial charge in [0.2, 0.25) is 0 Å². The Hall–Kier alpha value is -2.04. The molecule has 0 radical (unpaired) electrons. The highest BCUT2D eigenvalue weighted by atomic mass is 16.4. The minimum absolute atomic E-state index is 0.0294. The molecule has 112 valence electrons. The zero-order valence-corrected chi connectivity index (χ0v) is 12.1. The van der Waals surface area contributed by atoms with Crippen molar-refractivity contribution in [3.63, 3.8) is 0 Å². The number of carboxylic acid groups (broad SMARTS) is 1. The Morgan fingerprint density at radius 1 is 1.33 bits per heavy atom. The first-order valence-electron chi connectivity index (χ1n) is 7.44. The monoisotopic (exact) mass is 288 g/mol. The molecule has 3 rings (SSSR count). The van der Waals surface area contributed by atoms with E-state index in [4.69, 9.17) is 0 Å². The second-order valence-electron chi connectivity index (χ2n) is 6.14.